The van der Waals surface area contributed by atoms with E-state index in [2.05, 4.69) is 20.9 Å². The molecule has 6 heteroatoms. The lowest BCUT2D eigenvalue weighted by Gasteiger charge is -2.27. The van der Waals surface area contributed by atoms with Crippen LogP contribution >= 0.6 is 15.9 Å². The molecule has 0 atom stereocenters. The molecule has 0 aromatic carbocycles. The quantitative estimate of drug-likeness (QED) is 0.616. The van der Waals surface area contributed by atoms with Crippen molar-refractivity contribution in [1.29, 1.82) is 0 Å². The van der Waals surface area contributed by atoms with Gasteiger partial charge in [0.1, 0.15) is 10.0 Å². The molecule has 5 nitrogen and oxygen atoms in total. The van der Waals surface area contributed by atoms with E-state index in [-0.39, 0.29) is 6.61 Å². The standard InChI is InChI=1S/C11H14BrNO4/c1-2-17-10(16)11(6-14,7-15)8-3-4-13-9(12)5-8/h3-5,14-15H,2,6-7H2,1H3. The van der Waals surface area contributed by atoms with Crippen molar-refractivity contribution in [1.82, 2.24) is 4.98 Å². The third-order valence-corrected chi connectivity index (χ3v) is 2.92. The van der Waals surface area contributed by atoms with Gasteiger partial charge in [0.05, 0.1) is 19.8 Å². The van der Waals surface area contributed by atoms with Crippen LogP contribution in [0, 0.1) is 0 Å². The number of nitrogens with zero attached hydrogens (tertiary/aromatic N) is 1. The van der Waals surface area contributed by atoms with Crippen molar-refractivity contribution in [3.8, 4) is 0 Å². The highest BCUT2D eigenvalue weighted by Gasteiger charge is 2.41. The minimum atomic E-state index is -1.44. The predicted octanol–water partition coefficient (Wildman–Crippen LogP) is 0.630. The van der Waals surface area contributed by atoms with Gasteiger partial charge >= 0.3 is 5.97 Å². The highest BCUT2D eigenvalue weighted by molar-refractivity contribution is 9.10. The van der Waals surface area contributed by atoms with Crippen molar-refractivity contribution < 1.29 is 19.7 Å². The summed E-state index contributed by atoms with van der Waals surface area (Å²) in [4.78, 5) is 15.8. The van der Waals surface area contributed by atoms with E-state index in [1.807, 2.05) is 0 Å². The first-order valence-corrected chi connectivity index (χ1v) is 5.91. The van der Waals surface area contributed by atoms with Gasteiger partial charge in [0.25, 0.3) is 0 Å². The third kappa shape index (κ3) is 2.83. The normalized spacial score (nSPS) is 11.3. The fourth-order valence-electron chi connectivity index (χ4n) is 1.45. The largest absolute Gasteiger partial charge is 0.465 e. The van der Waals surface area contributed by atoms with Crippen LogP contribution in [0.5, 0.6) is 0 Å². The maximum absolute atomic E-state index is 11.9. The van der Waals surface area contributed by atoms with Crippen LogP contribution in [-0.2, 0) is 14.9 Å². The Balaban J connectivity index is 3.19. The Morgan fingerprint density at radius 2 is 2.18 bits per heavy atom. The molecule has 2 N–H and O–H groups in total. The number of aromatic nitrogens is 1. The number of aliphatic hydroxyl groups is 2. The molecule has 1 rings (SSSR count). The second kappa shape index (κ2) is 6.09. The maximum atomic E-state index is 11.9. The van der Waals surface area contributed by atoms with Gasteiger partial charge in [-0.15, -0.1) is 0 Å². The summed E-state index contributed by atoms with van der Waals surface area (Å²) < 4.78 is 5.41. The molecule has 0 aliphatic carbocycles. The van der Waals surface area contributed by atoms with Crippen LogP contribution in [0.4, 0.5) is 0 Å². The zero-order valence-electron chi connectivity index (χ0n) is 9.39. The third-order valence-electron chi connectivity index (χ3n) is 2.49. The Morgan fingerprint density at radius 3 is 2.65 bits per heavy atom. The number of hydrogen-bond donors (Lipinski definition) is 2. The summed E-state index contributed by atoms with van der Waals surface area (Å²) in [5, 5.41) is 18.8. The molecule has 0 bridgehead atoms. The lowest BCUT2D eigenvalue weighted by molar-refractivity contribution is -0.154. The Labute approximate surface area is 108 Å². The van der Waals surface area contributed by atoms with E-state index in [1.54, 1.807) is 19.1 Å². The van der Waals surface area contributed by atoms with Crippen LogP contribution in [0.25, 0.3) is 0 Å². The van der Waals surface area contributed by atoms with Crippen LogP contribution in [-0.4, -0.2) is 41.0 Å². The van der Waals surface area contributed by atoms with Gasteiger partial charge in [0.2, 0.25) is 0 Å². The predicted molar refractivity (Wildman–Crippen MR) is 64.4 cm³/mol. The highest BCUT2D eigenvalue weighted by atomic mass is 79.9. The molecule has 0 unspecified atom stereocenters. The minimum Gasteiger partial charge on any atom is -0.465 e. The van der Waals surface area contributed by atoms with E-state index in [4.69, 9.17) is 4.74 Å². The molecule has 0 aliphatic heterocycles. The first-order chi connectivity index (χ1) is 8.10. The van der Waals surface area contributed by atoms with Crippen LogP contribution in [0.2, 0.25) is 0 Å². The average Bonchev–Trinajstić information content (AvgIpc) is 2.32. The SMILES string of the molecule is CCOC(=O)C(CO)(CO)c1ccnc(Br)c1. The summed E-state index contributed by atoms with van der Waals surface area (Å²) in [7, 11) is 0. The summed E-state index contributed by atoms with van der Waals surface area (Å²) >= 11 is 3.17. The molecular formula is C11H14BrNO4. The Kier molecular flexibility index (Phi) is 5.04. The number of rotatable bonds is 5. The molecule has 0 saturated carbocycles. The summed E-state index contributed by atoms with van der Waals surface area (Å²) in [5.74, 6) is -0.650. The summed E-state index contributed by atoms with van der Waals surface area (Å²) in [6, 6.07) is 3.14. The molecule has 17 heavy (non-hydrogen) atoms. The summed E-state index contributed by atoms with van der Waals surface area (Å²) in [5.41, 5.74) is -0.982. The fourth-order valence-corrected chi connectivity index (χ4v) is 1.81. The smallest absolute Gasteiger partial charge is 0.321 e. The number of hydrogen-bond acceptors (Lipinski definition) is 5. The molecule has 0 fully saturated rings. The zero-order chi connectivity index (χ0) is 12.9. The number of ether oxygens (including phenoxy) is 1. The van der Waals surface area contributed by atoms with Gasteiger partial charge in [-0.05, 0) is 40.5 Å². The van der Waals surface area contributed by atoms with Gasteiger partial charge in [-0.3, -0.25) is 4.79 Å². The van der Waals surface area contributed by atoms with Gasteiger partial charge in [-0.2, -0.15) is 0 Å². The Morgan fingerprint density at radius 1 is 1.53 bits per heavy atom. The average molecular weight is 304 g/mol. The van der Waals surface area contributed by atoms with Gasteiger partial charge in [-0.1, -0.05) is 0 Å². The highest BCUT2D eigenvalue weighted by Crippen LogP contribution is 2.26. The molecular weight excluding hydrogens is 290 g/mol. The molecule has 1 aromatic heterocycles. The van der Waals surface area contributed by atoms with Gasteiger partial charge in [0, 0.05) is 6.20 Å². The first kappa shape index (κ1) is 14.1. The second-order valence-corrected chi connectivity index (χ2v) is 4.30. The molecule has 1 heterocycles. The molecule has 1 aromatic rings. The summed E-state index contributed by atoms with van der Waals surface area (Å²) in [6.07, 6.45) is 1.48. The molecule has 0 spiro atoms. The van der Waals surface area contributed by atoms with Crippen LogP contribution < -0.4 is 0 Å². The van der Waals surface area contributed by atoms with Crippen LogP contribution in [0.1, 0.15) is 12.5 Å². The molecule has 0 amide bonds. The van der Waals surface area contributed by atoms with Crippen molar-refractivity contribution in [3.05, 3.63) is 28.5 Å². The van der Waals surface area contributed by atoms with Crippen molar-refractivity contribution >= 4 is 21.9 Å². The molecule has 0 saturated heterocycles. The lowest BCUT2D eigenvalue weighted by Crippen LogP contribution is -2.44. The Hall–Kier alpha value is -0.980. The molecule has 0 radical (unpaired) electrons. The van der Waals surface area contributed by atoms with E-state index in [0.29, 0.717) is 10.2 Å². The number of aliphatic hydroxyl groups excluding tert-OH is 2. The number of pyridine rings is 1. The number of halogens is 1. The van der Waals surface area contributed by atoms with Crippen LogP contribution in [0.3, 0.4) is 0 Å². The first-order valence-electron chi connectivity index (χ1n) is 5.11. The summed E-state index contributed by atoms with van der Waals surface area (Å²) in [6.45, 7) is 0.796. The van der Waals surface area contributed by atoms with Gasteiger partial charge in [-0.25, -0.2) is 4.98 Å². The number of carbonyl (C=O) groups excluding carboxylic acids is 1. The van der Waals surface area contributed by atoms with E-state index < -0.39 is 24.6 Å². The Bertz CT molecular complexity index is 393. The monoisotopic (exact) mass is 303 g/mol. The van der Waals surface area contributed by atoms with Crippen molar-refractivity contribution in [2.24, 2.45) is 0 Å². The number of carbonyl (C=O) groups is 1. The number of esters is 1. The zero-order valence-corrected chi connectivity index (χ0v) is 11.0. The molecule has 94 valence electrons. The van der Waals surface area contributed by atoms with Crippen molar-refractivity contribution in [2.45, 2.75) is 12.3 Å². The second-order valence-electron chi connectivity index (χ2n) is 3.49. The molecule has 0 aliphatic rings. The van der Waals surface area contributed by atoms with E-state index in [0.717, 1.165) is 0 Å². The van der Waals surface area contributed by atoms with E-state index in [9.17, 15) is 15.0 Å². The minimum absolute atomic E-state index is 0.187. The van der Waals surface area contributed by atoms with Crippen LogP contribution in [0.15, 0.2) is 22.9 Å². The maximum Gasteiger partial charge on any atom is 0.321 e. The van der Waals surface area contributed by atoms with E-state index in [1.165, 1.54) is 6.20 Å². The topological polar surface area (TPSA) is 79.7 Å². The van der Waals surface area contributed by atoms with Crippen molar-refractivity contribution in [3.63, 3.8) is 0 Å². The van der Waals surface area contributed by atoms with Crippen molar-refractivity contribution in [2.75, 3.05) is 19.8 Å². The fraction of sp³-hybridized carbons (Fsp3) is 0.455. The van der Waals surface area contributed by atoms with E-state index >= 15 is 0 Å². The van der Waals surface area contributed by atoms with Gasteiger partial charge in [0.15, 0.2) is 0 Å². The van der Waals surface area contributed by atoms with Gasteiger partial charge < -0.3 is 14.9 Å². The lowest BCUT2D eigenvalue weighted by atomic mass is 9.82.